The highest BCUT2D eigenvalue weighted by Crippen LogP contribution is 2.32. The molecule has 0 bridgehead atoms. The monoisotopic (exact) mass is 518 g/mol. The fraction of sp³-hybridized carbons (Fsp3) is 0.400. The number of benzene rings is 1. The summed E-state index contributed by atoms with van der Waals surface area (Å²) in [5.41, 5.74) is 2.65. The molecule has 0 atom stereocenters. The van der Waals surface area contributed by atoms with Crippen LogP contribution in [0.4, 0.5) is 18.9 Å². The summed E-state index contributed by atoms with van der Waals surface area (Å²) in [7, 11) is 0. The Morgan fingerprint density at radius 2 is 1.94 bits per heavy atom. The zero-order chi connectivity index (χ0) is 26.5. The molecule has 0 aliphatic rings. The van der Waals surface area contributed by atoms with Crippen molar-refractivity contribution in [2.45, 2.75) is 65.6 Å². The highest BCUT2D eigenvalue weighted by atomic mass is 32.1. The molecule has 2 aromatic heterocycles. The molecule has 1 amide bonds. The van der Waals surface area contributed by atoms with Gasteiger partial charge in [-0.3, -0.25) is 15.2 Å². The lowest BCUT2D eigenvalue weighted by atomic mass is 9.98. The zero-order valence-electron chi connectivity index (χ0n) is 20.8. The molecule has 3 aromatic rings. The molecule has 192 valence electrons. The van der Waals surface area contributed by atoms with Gasteiger partial charge in [0.1, 0.15) is 5.01 Å². The lowest BCUT2D eigenvalue weighted by molar-refractivity contribution is -0.137. The molecular formula is C25H29F3N6OS. The van der Waals surface area contributed by atoms with Crippen molar-refractivity contribution in [2.24, 2.45) is 10.1 Å². The third-order valence-corrected chi connectivity index (χ3v) is 6.42. The Morgan fingerprint density at radius 1 is 1.19 bits per heavy atom. The van der Waals surface area contributed by atoms with Gasteiger partial charge >= 0.3 is 6.18 Å². The van der Waals surface area contributed by atoms with Crippen LogP contribution < -0.4 is 10.2 Å². The first-order valence-electron chi connectivity index (χ1n) is 11.5. The number of nitrogens with one attached hydrogen (secondary N) is 1. The third-order valence-electron chi connectivity index (χ3n) is 5.05. The lowest BCUT2D eigenvalue weighted by Crippen LogP contribution is -2.19. The van der Waals surface area contributed by atoms with Crippen molar-refractivity contribution in [3.05, 3.63) is 68.7 Å². The summed E-state index contributed by atoms with van der Waals surface area (Å²) in [6.07, 6.45) is -1.45. The van der Waals surface area contributed by atoms with Gasteiger partial charge in [-0.05, 0) is 43.7 Å². The number of carbonyl (C=O) groups excluding carboxylic acids is 1. The fourth-order valence-electron chi connectivity index (χ4n) is 3.10. The number of aryl methyl sites for hydroxylation is 2. The average molecular weight is 519 g/mol. The number of anilines is 1. The van der Waals surface area contributed by atoms with E-state index in [1.807, 2.05) is 46.8 Å². The Labute approximate surface area is 211 Å². The summed E-state index contributed by atoms with van der Waals surface area (Å²) in [6.45, 7) is 10.4. The minimum absolute atomic E-state index is 0.0984. The Hall–Kier alpha value is -3.34. The quantitative estimate of drug-likeness (QED) is 0.309. The van der Waals surface area contributed by atoms with Crippen LogP contribution in [0.25, 0.3) is 0 Å². The van der Waals surface area contributed by atoms with Gasteiger partial charge in [0.25, 0.3) is 5.91 Å². The predicted octanol–water partition coefficient (Wildman–Crippen LogP) is 5.95. The Morgan fingerprint density at radius 3 is 2.58 bits per heavy atom. The standard InChI is InChI=1S/C25H29F3N6OS/c1-6-7-13-34-23(36-22(33-34)24(3,4)5)31-21(35)19-14-17(25(26,27)28)11-12-20(19)32-29-15-18-10-8-9-16(2)30-18/h8-12,14-15,32H,6-7,13H2,1-5H3/b29-15-,31-23-. The molecule has 0 aliphatic carbocycles. The highest BCUT2D eigenvalue weighted by Gasteiger charge is 2.32. The lowest BCUT2D eigenvalue weighted by Gasteiger charge is -2.12. The van der Waals surface area contributed by atoms with E-state index in [4.69, 9.17) is 0 Å². The molecule has 11 heteroatoms. The van der Waals surface area contributed by atoms with Gasteiger partial charge in [-0.15, -0.1) is 0 Å². The number of carbonyl (C=O) groups is 1. The van der Waals surface area contributed by atoms with Crippen molar-refractivity contribution in [3.8, 4) is 0 Å². The molecule has 7 nitrogen and oxygen atoms in total. The van der Waals surface area contributed by atoms with Crippen molar-refractivity contribution in [1.82, 2.24) is 14.8 Å². The maximum Gasteiger partial charge on any atom is 0.416 e. The SMILES string of the molecule is CCCCn1nc(C(C)(C)C)s/c1=N\C(=O)c1cc(C(F)(F)F)ccc1N/N=C\c1cccc(C)n1. The van der Waals surface area contributed by atoms with Gasteiger partial charge in [0.2, 0.25) is 4.80 Å². The first-order chi connectivity index (χ1) is 16.9. The van der Waals surface area contributed by atoms with Crippen LogP contribution in [0, 0.1) is 6.92 Å². The van der Waals surface area contributed by atoms with Gasteiger partial charge < -0.3 is 0 Å². The van der Waals surface area contributed by atoms with Gasteiger partial charge in [-0.25, -0.2) is 4.68 Å². The Kier molecular flexibility index (Phi) is 8.44. The molecule has 0 saturated carbocycles. The number of pyridine rings is 1. The fourth-order valence-corrected chi connectivity index (χ4v) is 4.08. The van der Waals surface area contributed by atoms with E-state index in [1.165, 1.54) is 23.6 Å². The van der Waals surface area contributed by atoms with Crippen LogP contribution >= 0.6 is 11.3 Å². The van der Waals surface area contributed by atoms with Gasteiger partial charge in [-0.1, -0.05) is 51.5 Å². The molecule has 0 aliphatic heterocycles. The van der Waals surface area contributed by atoms with E-state index in [0.29, 0.717) is 17.0 Å². The van der Waals surface area contributed by atoms with Crippen LogP contribution in [0.2, 0.25) is 0 Å². The second-order valence-electron chi connectivity index (χ2n) is 9.27. The molecule has 0 saturated heterocycles. The number of nitrogens with zero attached hydrogens (tertiary/aromatic N) is 5. The molecule has 36 heavy (non-hydrogen) atoms. The van der Waals surface area contributed by atoms with Gasteiger partial charge in [0.15, 0.2) is 0 Å². The molecule has 0 radical (unpaired) electrons. The predicted molar refractivity (Wildman–Crippen MR) is 135 cm³/mol. The number of halogens is 3. The normalized spacial score (nSPS) is 12.9. The van der Waals surface area contributed by atoms with Gasteiger partial charge in [-0.2, -0.15) is 28.4 Å². The largest absolute Gasteiger partial charge is 0.416 e. The molecule has 1 aromatic carbocycles. The number of alkyl halides is 3. The molecule has 1 N–H and O–H groups in total. The second-order valence-corrected chi connectivity index (χ2v) is 10.2. The molecular weight excluding hydrogens is 489 g/mol. The maximum absolute atomic E-state index is 13.4. The average Bonchev–Trinajstić information content (AvgIpc) is 3.20. The second kappa shape index (κ2) is 11.2. The highest BCUT2D eigenvalue weighted by molar-refractivity contribution is 7.09. The van der Waals surface area contributed by atoms with Gasteiger partial charge in [0.05, 0.1) is 28.7 Å². The number of hydrazone groups is 1. The summed E-state index contributed by atoms with van der Waals surface area (Å²) in [6, 6.07) is 8.23. The van der Waals surface area contributed by atoms with E-state index >= 15 is 0 Å². The number of aromatic nitrogens is 3. The van der Waals surface area contributed by atoms with E-state index in [2.05, 4.69) is 25.6 Å². The van der Waals surface area contributed by atoms with E-state index in [0.717, 1.165) is 35.7 Å². The summed E-state index contributed by atoms with van der Waals surface area (Å²) < 4.78 is 41.9. The maximum atomic E-state index is 13.4. The van der Waals surface area contributed by atoms with E-state index < -0.39 is 17.6 Å². The van der Waals surface area contributed by atoms with Crippen molar-refractivity contribution < 1.29 is 18.0 Å². The molecule has 0 fully saturated rings. The van der Waals surface area contributed by atoms with E-state index in [1.54, 1.807) is 10.7 Å². The third kappa shape index (κ3) is 7.09. The number of hydrogen-bond acceptors (Lipinski definition) is 6. The van der Waals surface area contributed by atoms with Crippen molar-refractivity contribution in [1.29, 1.82) is 0 Å². The van der Waals surface area contributed by atoms with Crippen LogP contribution in [-0.4, -0.2) is 26.9 Å². The van der Waals surface area contributed by atoms with Crippen LogP contribution in [0.1, 0.15) is 72.9 Å². The van der Waals surface area contributed by atoms with Crippen molar-refractivity contribution >= 4 is 29.1 Å². The summed E-state index contributed by atoms with van der Waals surface area (Å²) in [5, 5.41) is 9.44. The number of amides is 1. The minimum Gasteiger partial charge on any atom is -0.278 e. The summed E-state index contributed by atoms with van der Waals surface area (Å²) >= 11 is 1.26. The topological polar surface area (TPSA) is 84.5 Å². The van der Waals surface area contributed by atoms with Crippen molar-refractivity contribution in [2.75, 3.05) is 5.43 Å². The van der Waals surface area contributed by atoms with Crippen LogP contribution in [0.5, 0.6) is 0 Å². The number of hydrogen-bond donors (Lipinski definition) is 1. The Bertz CT molecular complexity index is 1320. The van der Waals surface area contributed by atoms with Crippen LogP contribution in [0.15, 0.2) is 46.5 Å². The Balaban J connectivity index is 2.03. The van der Waals surface area contributed by atoms with Crippen LogP contribution in [0.3, 0.4) is 0 Å². The zero-order valence-corrected chi connectivity index (χ0v) is 21.7. The summed E-state index contributed by atoms with van der Waals surface area (Å²) in [4.78, 5) is 22.0. The van der Waals surface area contributed by atoms with Crippen molar-refractivity contribution in [3.63, 3.8) is 0 Å². The van der Waals surface area contributed by atoms with Gasteiger partial charge in [0, 0.05) is 17.7 Å². The smallest absolute Gasteiger partial charge is 0.278 e. The molecule has 2 heterocycles. The number of rotatable bonds is 7. The van der Waals surface area contributed by atoms with E-state index in [9.17, 15) is 18.0 Å². The molecule has 0 spiro atoms. The minimum atomic E-state index is -4.62. The summed E-state index contributed by atoms with van der Waals surface area (Å²) in [5.74, 6) is -0.818. The molecule has 3 rings (SSSR count). The molecule has 0 unspecified atom stereocenters. The van der Waals surface area contributed by atoms with Crippen LogP contribution in [-0.2, 0) is 18.1 Å². The first kappa shape index (κ1) is 27.3. The van der Waals surface area contributed by atoms with E-state index in [-0.39, 0.29) is 16.7 Å². The number of unbranched alkanes of at least 4 members (excludes halogenated alkanes) is 1. The first-order valence-corrected chi connectivity index (χ1v) is 12.3.